The van der Waals surface area contributed by atoms with Gasteiger partial charge < -0.3 is 18.1 Å². The maximum atomic E-state index is 6.12. The van der Waals surface area contributed by atoms with Crippen molar-refractivity contribution in [1.82, 2.24) is 0 Å². The smallest absolute Gasteiger partial charge is 0.247 e. The molecule has 4 nitrogen and oxygen atoms in total. The summed E-state index contributed by atoms with van der Waals surface area (Å²) < 4.78 is 24.5. The lowest BCUT2D eigenvalue weighted by Crippen LogP contribution is -2.45. The molecule has 0 unspecified atom stereocenters. The van der Waals surface area contributed by atoms with Crippen molar-refractivity contribution in [3.63, 3.8) is 0 Å². The molecule has 2 aliphatic heterocycles. The van der Waals surface area contributed by atoms with Gasteiger partial charge in [0, 0.05) is 21.3 Å². The van der Waals surface area contributed by atoms with E-state index in [4.69, 9.17) is 41.7 Å². The van der Waals surface area contributed by atoms with Crippen molar-refractivity contribution < 1.29 is 18.1 Å². The van der Waals surface area contributed by atoms with Crippen molar-refractivity contribution in [2.24, 2.45) is 5.41 Å². The highest BCUT2D eigenvalue weighted by Crippen LogP contribution is 2.68. The maximum Gasteiger partial charge on any atom is 0.247 e. The Kier molecular flexibility index (Phi) is 11.9. The van der Waals surface area contributed by atoms with Crippen LogP contribution in [0.3, 0.4) is 0 Å². The van der Waals surface area contributed by atoms with Gasteiger partial charge in [0.05, 0.1) is 31.8 Å². The minimum atomic E-state index is -2.30. The predicted octanol–water partition coefficient (Wildman–Crippen LogP) is 8.35. The Balaban J connectivity index is 1.10. The predicted molar refractivity (Wildman–Crippen MR) is 163 cm³/mol. The number of rotatable bonds is 12. The first kappa shape index (κ1) is 29.0. The van der Waals surface area contributed by atoms with Crippen LogP contribution in [0.15, 0.2) is 70.5 Å². The normalized spacial score (nSPS) is 28.8. The molecule has 2 aromatic carbocycles. The van der Waals surface area contributed by atoms with Gasteiger partial charge in [-0.1, -0.05) is 59.2 Å². The van der Waals surface area contributed by atoms with Crippen LogP contribution in [-0.2, 0) is 41.7 Å². The minimum Gasteiger partial charge on any atom is -0.321 e. The molecule has 2 aliphatic rings. The standard InChI is InChI=1S/C23H30O4P2S6/c30-28(34-15-7-13-32-21-9-3-1-4-10-21)24-17-23(18-25-28)19-26-29(31,27-20-23)35-16-8-14-33-22-11-5-2-6-12-22/h1-6,9-12H,7-8,13-20H2. The molecular weight excluding hydrogens is 595 g/mol. The van der Waals surface area contributed by atoms with Gasteiger partial charge >= 0.3 is 0 Å². The fourth-order valence-corrected chi connectivity index (χ4v) is 14.1. The Morgan fingerprint density at radius 3 is 1.34 bits per heavy atom. The number of benzene rings is 2. The molecule has 0 radical (unpaired) electrons. The summed E-state index contributed by atoms with van der Waals surface area (Å²) in [6.45, 7) is 2.07. The molecule has 1 spiro atoms. The fourth-order valence-electron chi connectivity index (χ4n) is 3.22. The lowest BCUT2D eigenvalue weighted by Gasteiger charge is -2.44. The number of thioether (sulfide) groups is 2. The Labute approximate surface area is 236 Å². The zero-order chi connectivity index (χ0) is 24.5. The van der Waals surface area contributed by atoms with Gasteiger partial charge in [-0.25, -0.2) is 0 Å². The van der Waals surface area contributed by atoms with Crippen molar-refractivity contribution in [1.29, 1.82) is 0 Å². The third kappa shape index (κ3) is 9.59. The van der Waals surface area contributed by atoms with E-state index in [2.05, 4.69) is 48.5 Å². The van der Waals surface area contributed by atoms with E-state index in [-0.39, 0.29) is 5.41 Å². The monoisotopic (exact) mass is 624 g/mol. The average molecular weight is 625 g/mol. The van der Waals surface area contributed by atoms with Gasteiger partial charge in [-0.05, 0) is 72.2 Å². The van der Waals surface area contributed by atoms with Crippen LogP contribution < -0.4 is 0 Å². The summed E-state index contributed by atoms with van der Waals surface area (Å²) in [5.74, 6) is 4.00. The van der Waals surface area contributed by atoms with Crippen LogP contribution in [0.5, 0.6) is 0 Å². The van der Waals surface area contributed by atoms with E-state index >= 15 is 0 Å². The summed E-state index contributed by atoms with van der Waals surface area (Å²) in [6, 6.07) is 20.9. The molecule has 0 saturated carbocycles. The van der Waals surface area contributed by atoms with Crippen molar-refractivity contribution in [2.75, 3.05) is 49.4 Å². The van der Waals surface area contributed by atoms with Gasteiger partial charge in [0.25, 0.3) is 0 Å². The Morgan fingerprint density at radius 2 is 0.971 bits per heavy atom. The molecule has 0 atom stereocenters. The molecule has 2 aromatic rings. The summed E-state index contributed by atoms with van der Waals surface area (Å²) in [4.78, 5) is 2.60. The van der Waals surface area contributed by atoms with Gasteiger partial charge in [-0.15, -0.1) is 23.5 Å². The molecule has 0 aliphatic carbocycles. The molecular formula is C23H30O4P2S6. The first-order valence-corrected chi connectivity index (χ1v) is 21.8. The molecule has 192 valence electrons. The SMILES string of the molecule is S=P1(SCCCSc2ccccc2)OCC2(CO1)COP(=S)(SCCCSc1ccccc1)OC2. The van der Waals surface area contributed by atoms with E-state index in [0.29, 0.717) is 26.4 Å². The van der Waals surface area contributed by atoms with Crippen molar-refractivity contribution in [3.8, 4) is 0 Å². The summed E-state index contributed by atoms with van der Waals surface area (Å²) in [5, 5.41) is 0. The molecule has 0 amide bonds. The molecule has 2 fully saturated rings. The van der Waals surface area contributed by atoms with Crippen molar-refractivity contribution >= 4 is 81.3 Å². The third-order valence-corrected chi connectivity index (χ3v) is 18.2. The summed E-state index contributed by atoms with van der Waals surface area (Å²) in [6.07, 6.45) is 2.13. The Morgan fingerprint density at radius 1 is 0.600 bits per heavy atom. The van der Waals surface area contributed by atoms with E-state index in [1.54, 1.807) is 22.8 Å². The number of hydrogen-bond acceptors (Lipinski definition) is 10. The Bertz CT molecular complexity index is 905. The molecule has 0 bridgehead atoms. The van der Waals surface area contributed by atoms with Crippen molar-refractivity contribution in [3.05, 3.63) is 60.7 Å². The fraction of sp³-hybridized carbons (Fsp3) is 0.478. The molecule has 2 saturated heterocycles. The zero-order valence-electron chi connectivity index (χ0n) is 19.3. The quantitative estimate of drug-likeness (QED) is 0.131. The second-order valence-electron chi connectivity index (χ2n) is 8.18. The second kappa shape index (κ2) is 14.4. The lowest BCUT2D eigenvalue weighted by molar-refractivity contribution is -0.0485. The van der Waals surface area contributed by atoms with Crippen LogP contribution in [-0.4, -0.2) is 49.4 Å². The summed E-state index contributed by atoms with van der Waals surface area (Å²) in [5.41, 5.74) is -4.89. The highest BCUT2D eigenvalue weighted by molar-refractivity contribution is 8.68. The lowest BCUT2D eigenvalue weighted by atomic mass is 9.93. The van der Waals surface area contributed by atoms with E-state index in [1.807, 2.05) is 35.7 Å². The zero-order valence-corrected chi connectivity index (χ0v) is 26.0. The van der Waals surface area contributed by atoms with E-state index in [1.165, 1.54) is 9.79 Å². The van der Waals surface area contributed by atoms with Gasteiger partial charge in [0.2, 0.25) is 11.4 Å². The molecule has 4 rings (SSSR count). The molecule has 2 heterocycles. The molecule has 35 heavy (non-hydrogen) atoms. The Hall–Kier alpha value is 0.980. The number of hydrogen-bond donors (Lipinski definition) is 0. The van der Waals surface area contributed by atoms with Crippen LogP contribution in [0.1, 0.15) is 12.8 Å². The van der Waals surface area contributed by atoms with Gasteiger partial charge in [-0.2, -0.15) is 0 Å². The first-order valence-electron chi connectivity index (χ1n) is 11.4. The van der Waals surface area contributed by atoms with E-state index in [0.717, 1.165) is 35.9 Å². The highest BCUT2D eigenvalue weighted by Gasteiger charge is 2.46. The molecule has 0 N–H and O–H groups in total. The summed E-state index contributed by atoms with van der Waals surface area (Å²) in [7, 11) is 0. The van der Waals surface area contributed by atoms with Gasteiger partial charge in [-0.3, -0.25) is 0 Å². The van der Waals surface area contributed by atoms with Crippen LogP contribution in [0.4, 0.5) is 0 Å². The first-order chi connectivity index (χ1) is 17.0. The van der Waals surface area contributed by atoms with Crippen LogP contribution >= 0.6 is 57.7 Å². The third-order valence-electron chi connectivity index (χ3n) is 5.22. The van der Waals surface area contributed by atoms with Crippen LogP contribution in [0.2, 0.25) is 0 Å². The van der Waals surface area contributed by atoms with Gasteiger partial charge in [0.1, 0.15) is 0 Å². The van der Waals surface area contributed by atoms with E-state index in [9.17, 15) is 0 Å². The minimum absolute atomic E-state index is 0.294. The topological polar surface area (TPSA) is 36.9 Å². The summed E-state index contributed by atoms with van der Waals surface area (Å²) >= 11 is 18.5. The second-order valence-corrected chi connectivity index (χ2v) is 23.4. The van der Waals surface area contributed by atoms with Crippen molar-refractivity contribution in [2.45, 2.75) is 22.6 Å². The van der Waals surface area contributed by atoms with Crippen LogP contribution in [0.25, 0.3) is 0 Å². The molecule has 0 aromatic heterocycles. The van der Waals surface area contributed by atoms with E-state index < -0.39 is 11.4 Å². The molecule has 12 heteroatoms. The van der Waals surface area contributed by atoms with Gasteiger partial charge in [0.15, 0.2) is 0 Å². The average Bonchev–Trinajstić information content (AvgIpc) is 2.89. The van der Waals surface area contributed by atoms with Crippen LogP contribution in [0, 0.1) is 5.41 Å². The largest absolute Gasteiger partial charge is 0.321 e. The maximum absolute atomic E-state index is 6.12. The highest BCUT2D eigenvalue weighted by atomic mass is 32.9.